The molecule has 1 amide bonds. The van der Waals surface area contributed by atoms with Gasteiger partial charge in [-0.05, 0) is 60.7 Å². The van der Waals surface area contributed by atoms with Gasteiger partial charge in [-0.25, -0.2) is 4.98 Å². The largest absolute Gasteiger partial charge is 0.495 e. The first kappa shape index (κ1) is 24.3. The summed E-state index contributed by atoms with van der Waals surface area (Å²) in [7, 11) is 3.23. The molecular formula is C25H24ClN3O3S2. The Morgan fingerprint density at radius 3 is 2.53 bits per heavy atom. The molecule has 0 N–H and O–H groups in total. The van der Waals surface area contributed by atoms with Gasteiger partial charge in [0.05, 0.1) is 26.5 Å². The quantitative estimate of drug-likeness (QED) is 0.179. The molecule has 4 rings (SSSR count). The fourth-order valence-electron chi connectivity index (χ4n) is 3.39. The number of ether oxygens (including phenoxy) is 2. The number of anilines is 1. The van der Waals surface area contributed by atoms with Gasteiger partial charge in [0.25, 0.3) is 0 Å². The van der Waals surface area contributed by atoms with Gasteiger partial charge in [0.2, 0.25) is 5.91 Å². The lowest BCUT2D eigenvalue weighted by Gasteiger charge is -2.19. The van der Waals surface area contributed by atoms with Crippen molar-refractivity contribution in [2.45, 2.75) is 24.3 Å². The minimum Gasteiger partial charge on any atom is -0.495 e. The summed E-state index contributed by atoms with van der Waals surface area (Å²) in [5, 5.41) is 1.31. The number of hydrogen-bond acceptors (Lipinski definition) is 7. The number of rotatable bonds is 10. The fourth-order valence-corrected chi connectivity index (χ4v) is 5.45. The van der Waals surface area contributed by atoms with Crippen LogP contribution in [0.5, 0.6) is 11.5 Å². The lowest BCUT2D eigenvalue weighted by atomic mass is 10.2. The number of methoxy groups -OCH3 is 2. The van der Waals surface area contributed by atoms with E-state index in [1.165, 1.54) is 11.3 Å². The van der Waals surface area contributed by atoms with Gasteiger partial charge in [0.1, 0.15) is 21.7 Å². The number of amides is 1. The molecule has 9 heteroatoms. The summed E-state index contributed by atoms with van der Waals surface area (Å²) in [6.45, 7) is 0.342. The summed E-state index contributed by atoms with van der Waals surface area (Å²) in [5.41, 5.74) is 1.48. The first-order valence-electron chi connectivity index (χ1n) is 10.7. The van der Waals surface area contributed by atoms with E-state index >= 15 is 0 Å². The number of thioether (sulfide) groups is 1. The average molecular weight is 514 g/mol. The lowest BCUT2D eigenvalue weighted by molar-refractivity contribution is -0.118. The molecule has 2 heterocycles. The Labute approximate surface area is 211 Å². The van der Waals surface area contributed by atoms with E-state index in [4.69, 9.17) is 26.1 Å². The number of carbonyl (C=O) groups is 1. The van der Waals surface area contributed by atoms with Crippen molar-refractivity contribution in [2.75, 3.05) is 24.9 Å². The number of hydrogen-bond donors (Lipinski definition) is 0. The van der Waals surface area contributed by atoms with Crippen LogP contribution in [0.25, 0.3) is 10.2 Å². The van der Waals surface area contributed by atoms with Crippen LogP contribution in [0, 0.1) is 0 Å². The number of thiazole rings is 1. The second-order valence-electron chi connectivity index (χ2n) is 7.35. The molecule has 0 aliphatic carbocycles. The Morgan fingerprint density at radius 1 is 1.06 bits per heavy atom. The first-order chi connectivity index (χ1) is 16.6. The van der Waals surface area contributed by atoms with Crippen LogP contribution in [0.4, 0.5) is 5.13 Å². The van der Waals surface area contributed by atoms with Gasteiger partial charge in [-0.2, -0.15) is 0 Å². The number of carbonyl (C=O) groups excluding carboxylic acids is 1. The molecule has 0 aliphatic rings. The van der Waals surface area contributed by atoms with Gasteiger partial charge in [-0.1, -0.05) is 29.0 Å². The molecule has 4 aromatic rings. The number of benzene rings is 2. The Morgan fingerprint density at radius 2 is 1.82 bits per heavy atom. The molecule has 0 saturated carbocycles. The number of pyridine rings is 1. The zero-order chi connectivity index (χ0) is 23.9. The van der Waals surface area contributed by atoms with E-state index in [9.17, 15) is 4.79 Å². The van der Waals surface area contributed by atoms with Crippen molar-refractivity contribution in [1.29, 1.82) is 0 Å². The summed E-state index contributed by atoms with van der Waals surface area (Å²) in [5.74, 6) is 2.16. The van der Waals surface area contributed by atoms with Crippen molar-refractivity contribution in [3.8, 4) is 11.5 Å². The molecule has 34 heavy (non-hydrogen) atoms. The zero-order valence-corrected chi connectivity index (χ0v) is 21.3. The predicted molar refractivity (Wildman–Crippen MR) is 140 cm³/mol. The first-order valence-corrected chi connectivity index (χ1v) is 12.9. The molecule has 0 aliphatic heterocycles. The molecule has 0 fully saturated rings. The van der Waals surface area contributed by atoms with Crippen LogP contribution in [-0.4, -0.2) is 35.8 Å². The van der Waals surface area contributed by atoms with Gasteiger partial charge in [-0.15, -0.1) is 11.8 Å². The molecule has 176 valence electrons. The average Bonchev–Trinajstić information content (AvgIpc) is 3.31. The monoisotopic (exact) mass is 513 g/mol. The van der Waals surface area contributed by atoms with Crippen molar-refractivity contribution in [3.05, 3.63) is 71.5 Å². The second-order valence-corrected chi connectivity index (χ2v) is 9.93. The van der Waals surface area contributed by atoms with Crippen molar-refractivity contribution >= 4 is 56.0 Å². The van der Waals surface area contributed by atoms with E-state index in [1.54, 1.807) is 37.1 Å². The van der Waals surface area contributed by atoms with E-state index in [1.807, 2.05) is 54.6 Å². The van der Waals surface area contributed by atoms with Gasteiger partial charge in [-0.3, -0.25) is 14.7 Å². The van der Waals surface area contributed by atoms with Crippen molar-refractivity contribution in [3.63, 3.8) is 0 Å². The standard InChI is InChI=1S/C25H24ClN3O3S2/c1-31-20-12-13-21(32-2)24-23(20)28-25(34-24)29(16-18-6-3-4-14-27-18)22(30)7-5-15-33-19-10-8-17(26)9-11-19/h3-4,6,8-14H,5,7,15-16H2,1-2H3. The minimum atomic E-state index is -0.000603. The Bertz CT molecular complexity index is 1210. The van der Waals surface area contributed by atoms with Crippen LogP contribution in [0.1, 0.15) is 18.5 Å². The van der Waals surface area contributed by atoms with E-state index in [0.717, 1.165) is 27.5 Å². The van der Waals surface area contributed by atoms with E-state index in [2.05, 4.69) is 4.98 Å². The third kappa shape index (κ3) is 5.81. The lowest BCUT2D eigenvalue weighted by Crippen LogP contribution is -2.30. The molecule has 0 unspecified atom stereocenters. The van der Waals surface area contributed by atoms with E-state index in [-0.39, 0.29) is 5.91 Å². The summed E-state index contributed by atoms with van der Waals surface area (Å²) in [4.78, 5) is 25.4. The summed E-state index contributed by atoms with van der Waals surface area (Å²) >= 11 is 9.08. The maximum atomic E-state index is 13.4. The Kier molecular flexibility index (Phi) is 8.26. The van der Waals surface area contributed by atoms with Gasteiger partial charge < -0.3 is 9.47 Å². The minimum absolute atomic E-state index is 0.000603. The third-order valence-corrected chi connectivity index (χ3v) is 7.54. The van der Waals surface area contributed by atoms with Crippen molar-refractivity contribution in [2.24, 2.45) is 0 Å². The molecule has 6 nitrogen and oxygen atoms in total. The molecule has 2 aromatic carbocycles. The van der Waals surface area contributed by atoms with Crippen LogP contribution < -0.4 is 14.4 Å². The molecule has 2 aromatic heterocycles. The number of fused-ring (bicyclic) bond motifs is 1. The van der Waals surface area contributed by atoms with Crippen LogP contribution in [0.2, 0.25) is 5.02 Å². The normalized spacial score (nSPS) is 10.9. The Hall–Kier alpha value is -2.81. The number of nitrogens with zero attached hydrogens (tertiary/aromatic N) is 3. The highest BCUT2D eigenvalue weighted by molar-refractivity contribution is 7.99. The summed E-state index contributed by atoms with van der Waals surface area (Å²) in [6, 6.07) is 17.1. The van der Waals surface area contributed by atoms with Crippen LogP contribution >= 0.6 is 34.7 Å². The van der Waals surface area contributed by atoms with Crippen LogP contribution in [0.15, 0.2) is 65.7 Å². The highest BCUT2D eigenvalue weighted by Crippen LogP contribution is 2.40. The highest BCUT2D eigenvalue weighted by Gasteiger charge is 2.23. The zero-order valence-electron chi connectivity index (χ0n) is 18.9. The molecule has 0 saturated heterocycles. The van der Waals surface area contributed by atoms with E-state index in [0.29, 0.717) is 40.1 Å². The Balaban J connectivity index is 1.54. The van der Waals surface area contributed by atoms with Gasteiger partial charge in [0.15, 0.2) is 5.13 Å². The second kappa shape index (κ2) is 11.6. The molecule has 0 radical (unpaired) electrons. The smallest absolute Gasteiger partial charge is 0.229 e. The van der Waals surface area contributed by atoms with Crippen molar-refractivity contribution in [1.82, 2.24) is 9.97 Å². The van der Waals surface area contributed by atoms with Crippen LogP contribution in [0.3, 0.4) is 0 Å². The van der Waals surface area contributed by atoms with Crippen molar-refractivity contribution < 1.29 is 14.3 Å². The molecule has 0 bridgehead atoms. The summed E-state index contributed by atoms with van der Waals surface area (Å²) < 4.78 is 11.8. The third-order valence-electron chi connectivity index (χ3n) is 5.09. The van der Waals surface area contributed by atoms with Gasteiger partial charge >= 0.3 is 0 Å². The molecule has 0 atom stereocenters. The summed E-state index contributed by atoms with van der Waals surface area (Å²) in [6.07, 6.45) is 2.87. The number of halogens is 1. The predicted octanol–water partition coefficient (Wildman–Crippen LogP) is 6.47. The highest BCUT2D eigenvalue weighted by atomic mass is 35.5. The topological polar surface area (TPSA) is 64.6 Å². The maximum absolute atomic E-state index is 13.4. The molecular weight excluding hydrogens is 490 g/mol. The number of aromatic nitrogens is 2. The molecule has 0 spiro atoms. The van der Waals surface area contributed by atoms with E-state index < -0.39 is 0 Å². The fraction of sp³-hybridized carbons (Fsp3) is 0.240. The maximum Gasteiger partial charge on any atom is 0.229 e. The van der Waals surface area contributed by atoms with Gasteiger partial charge in [0, 0.05) is 22.5 Å². The van der Waals surface area contributed by atoms with Crippen LogP contribution in [-0.2, 0) is 11.3 Å². The SMILES string of the molecule is COc1ccc(OC)c2sc(N(Cc3ccccn3)C(=O)CCCSc3ccc(Cl)cc3)nc12.